The highest BCUT2D eigenvalue weighted by Gasteiger charge is 2.24. The summed E-state index contributed by atoms with van der Waals surface area (Å²) in [6.07, 6.45) is 7.10. The van der Waals surface area contributed by atoms with E-state index < -0.39 is 6.10 Å². The molecule has 32 heavy (non-hydrogen) atoms. The van der Waals surface area contributed by atoms with Crippen LogP contribution in [0.5, 0.6) is 5.75 Å². The highest BCUT2D eigenvalue weighted by Crippen LogP contribution is 2.33. The van der Waals surface area contributed by atoms with Crippen LogP contribution >= 0.6 is 0 Å². The average molecular weight is 440 g/mol. The number of anilines is 1. The van der Waals surface area contributed by atoms with Crippen LogP contribution in [0.4, 0.5) is 5.69 Å². The van der Waals surface area contributed by atoms with Crippen LogP contribution in [0.1, 0.15) is 52.5 Å². The summed E-state index contributed by atoms with van der Waals surface area (Å²) in [6, 6.07) is 6.72. The van der Waals surface area contributed by atoms with Crippen LogP contribution in [-0.2, 0) is 0 Å². The number of allylic oxidation sites excluding steroid dienone is 1. The van der Waals surface area contributed by atoms with Crippen molar-refractivity contribution in [3.63, 3.8) is 0 Å². The van der Waals surface area contributed by atoms with Crippen LogP contribution in [0.2, 0.25) is 0 Å². The molecular formula is C27H41N3O2. The molecule has 5 nitrogen and oxygen atoms in total. The van der Waals surface area contributed by atoms with Crippen LogP contribution in [0.15, 0.2) is 48.1 Å². The Hall–Kier alpha value is -2.24. The normalized spacial score (nSPS) is 18.7. The number of fused-ring (bicyclic) bond motifs is 1. The van der Waals surface area contributed by atoms with Crippen LogP contribution in [0.25, 0.3) is 5.70 Å². The number of hydrogen-bond donors (Lipinski definition) is 2. The molecule has 5 heteroatoms. The maximum absolute atomic E-state index is 10.9. The molecular weight excluding hydrogens is 398 g/mol. The van der Waals surface area contributed by atoms with Crippen molar-refractivity contribution >= 4 is 11.4 Å². The number of hydrogen-bond acceptors (Lipinski definition) is 5. The fourth-order valence-corrected chi connectivity index (χ4v) is 4.58. The van der Waals surface area contributed by atoms with E-state index in [2.05, 4.69) is 73.7 Å². The van der Waals surface area contributed by atoms with Gasteiger partial charge in [0.25, 0.3) is 0 Å². The molecule has 2 heterocycles. The van der Waals surface area contributed by atoms with Crippen molar-refractivity contribution in [2.24, 2.45) is 0 Å². The summed E-state index contributed by atoms with van der Waals surface area (Å²) in [5.41, 5.74) is 5.87. The molecule has 3 rings (SSSR count). The first-order chi connectivity index (χ1) is 15.4. The highest BCUT2D eigenvalue weighted by molar-refractivity contribution is 5.72. The quantitative estimate of drug-likeness (QED) is 0.572. The minimum Gasteiger partial charge on any atom is -0.491 e. The molecule has 1 aromatic carbocycles. The molecule has 0 unspecified atom stereocenters. The van der Waals surface area contributed by atoms with E-state index in [1.54, 1.807) is 0 Å². The summed E-state index contributed by atoms with van der Waals surface area (Å²) >= 11 is 0. The van der Waals surface area contributed by atoms with E-state index in [4.69, 9.17) is 4.74 Å². The van der Waals surface area contributed by atoms with Gasteiger partial charge in [0.2, 0.25) is 0 Å². The molecule has 0 aromatic heterocycles. The van der Waals surface area contributed by atoms with Gasteiger partial charge in [-0.05, 0) is 56.9 Å². The molecule has 0 saturated carbocycles. The number of rotatable bonds is 9. The third-order valence-electron chi connectivity index (χ3n) is 6.66. The molecule has 0 fully saturated rings. The Morgan fingerprint density at radius 3 is 2.72 bits per heavy atom. The van der Waals surface area contributed by atoms with Gasteiger partial charge in [0.05, 0.1) is 12.6 Å². The lowest BCUT2D eigenvalue weighted by Crippen LogP contribution is -2.42. The molecule has 0 aliphatic carbocycles. The highest BCUT2D eigenvalue weighted by atomic mass is 16.5. The van der Waals surface area contributed by atoms with Crippen molar-refractivity contribution < 1.29 is 9.84 Å². The molecule has 0 amide bonds. The van der Waals surface area contributed by atoms with Gasteiger partial charge in [-0.1, -0.05) is 38.2 Å². The van der Waals surface area contributed by atoms with Gasteiger partial charge in [-0.15, -0.1) is 0 Å². The van der Waals surface area contributed by atoms with Crippen molar-refractivity contribution in [1.82, 2.24) is 9.80 Å². The molecule has 2 aliphatic heterocycles. The monoisotopic (exact) mass is 439 g/mol. The van der Waals surface area contributed by atoms with E-state index in [1.807, 2.05) is 6.07 Å². The number of β-amino-alcohol motifs (C(OH)–C–C–N with tert-alkyl or cyclic N) is 1. The zero-order valence-corrected chi connectivity index (χ0v) is 20.4. The van der Waals surface area contributed by atoms with Gasteiger partial charge in [0, 0.05) is 49.2 Å². The van der Waals surface area contributed by atoms with E-state index in [9.17, 15) is 5.11 Å². The minimum atomic E-state index is -0.440. The summed E-state index contributed by atoms with van der Waals surface area (Å²) in [7, 11) is 0. The van der Waals surface area contributed by atoms with Gasteiger partial charge in [-0.3, -0.25) is 4.90 Å². The predicted molar refractivity (Wildman–Crippen MR) is 135 cm³/mol. The van der Waals surface area contributed by atoms with Gasteiger partial charge in [-0.25, -0.2) is 0 Å². The van der Waals surface area contributed by atoms with Gasteiger partial charge in [0.1, 0.15) is 12.4 Å². The number of nitrogens with zero attached hydrogens (tertiary/aromatic N) is 2. The topological polar surface area (TPSA) is 48.0 Å². The second-order valence-corrected chi connectivity index (χ2v) is 9.05. The van der Waals surface area contributed by atoms with Gasteiger partial charge in [0.15, 0.2) is 0 Å². The van der Waals surface area contributed by atoms with Gasteiger partial charge < -0.3 is 20.1 Å². The summed E-state index contributed by atoms with van der Waals surface area (Å²) < 4.78 is 6.01. The first-order valence-electron chi connectivity index (χ1n) is 12.1. The molecule has 0 saturated heterocycles. The molecule has 1 aromatic rings. The van der Waals surface area contributed by atoms with E-state index in [0.717, 1.165) is 61.6 Å². The number of aliphatic hydroxyl groups excluding tert-OH is 1. The lowest BCUT2D eigenvalue weighted by Gasteiger charge is -2.33. The smallest absolute Gasteiger partial charge is 0.128 e. The van der Waals surface area contributed by atoms with Crippen LogP contribution in [-0.4, -0.2) is 66.4 Å². The zero-order valence-electron chi connectivity index (χ0n) is 20.4. The molecule has 0 bridgehead atoms. The fourth-order valence-electron chi connectivity index (χ4n) is 4.58. The van der Waals surface area contributed by atoms with Crippen molar-refractivity contribution in [3.8, 4) is 5.75 Å². The van der Waals surface area contributed by atoms with Gasteiger partial charge in [-0.2, -0.15) is 0 Å². The van der Waals surface area contributed by atoms with E-state index in [0.29, 0.717) is 25.7 Å². The summed E-state index contributed by atoms with van der Waals surface area (Å²) in [4.78, 5) is 4.53. The van der Waals surface area contributed by atoms with Crippen molar-refractivity contribution in [3.05, 3.63) is 53.6 Å². The molecule has 1 atom stereocenters. The largest absolute Gasteiger partial charge is 0.491 e. The van der Waals surface area contributed by atoms with Crippen LogP contribution < -0.4 is 10.1 Å². The summed E-state index contributed by atoms with van der Waals surface area (Å²) in [5, 5.41) is 14.5. The third kappa shape index (κ3) is 6.17. The second kappa shape index (κ2) is 11.6. The number of aliphatic hydroxyl groups is 1. The minimum absolute atomic E-state index is 0.440. The van der Waals surface area contributed by atoms with Crippen LogP contribution in [0, 0.1) is 0 Å². The molecule has 2 N–H and O–H groups in total. The zero-order chi connectivity index (χ0) is 23.1. The molecule has 0 radical (unpaired) electrons. The Morgan fingerprint density at radius 2 is 2.00 bits per heavy atom. The van der Waals surface area contributed by atoms with Gasteiger partial charge >= 0.3 is 0 Å². The Bertz CT molecular complexity index is 841. The maximum atomic E-state index is 10.9. The summed E-state index contributed by atoms with van der Waals surface area (Å²) in [6.45, 7) is 17.5. The summed E-state index contributed by atoms with van der Waals surface area (Å²) in [5.74, 6) is 0.870. The Balaban J connectivity index is 1.65. The second-order valence-electron chi connectivity index (χ2n) is 9.05. The molecule has 176 valence electrons. The van der Waals surface area contributed by atoms with Crippen molar-refractivity contribution in [2.75, 3.05) is 44.6 Å². The first-order valence-corrected chi connectivity index (χ1v) is 12.1. The standard InChI is InChI=1S/C27H41N3O2/c1-6-9-22-17-29(13-12-20(22)4)18-25(31)19-30-14-15-32-27-11-10-24(16-26(27)21(30)5)28-23(7-2)8-3/h6,9-11,16,23,25,28,31H,5,7-8,12-15,17-19H2,1-4H3/b9-6-/t25-/m1/s1. The average Bonchev–Trinajstić information content (AvgIpc) is 2.93. The molecule has 2 aliphatic rings. The van der Waals surface area contributed by atoms with E-state index in [-0.39, 0.29) is 0 Å². The molecule has 0 spiro atoms. The van der Waals surface area contributed by atoms with E-state index in [1.165, 1.54) is 11.1 Å². The fraction of sp³-hybridized carbons (Fsp3) is 0.556. The lowest BCUT2D eigenvalue weighted by atomic mass is 10.0. The third-order valence-corrected chi connectivity index (χ3v) is 6.66. The Labute approximate surface area is 194 Å². The Kier molecular flexibility index (Phi) is 8.83. The van der Waals surface area contributed by atoms with Crippen molar-refractivity contribution in [1.29, 1.82) is 0 Å². The number of ether oxygens (including phenoxy) is 1. The van der Waals surface area contributed by atoms with Crippen molar-refractivity contribution in [2.45, 2.75) is 59.1 Å². The lowest BCUT2D eigenvalue weighted by molar-refractivity contribution is 0.0900. The number of nitrogens with one attached hydrogen (secondary N) is 1. The SMILES string of the molecule is C=C1c2cc(NC(CC)CC)ccc2OCCN1C[C@H](O)CN1CCC(C)=C(/C=C\C)C1. The Morgan fingerprint density at radius 1 is 1.22 bits per heavy atom. The van der Waals surface area contributed by atoms with E-state index >= 15 is 0 Å². The number of benzene rings is 1. The predicted octanol–water partition coefficient (Wildman–Crippen LogP) is 4.91. The van der Waals surface area contributed by atoms with Crippen LogP contribution in [0.3, 0.4) is 0 Å². The first kappa shape index (κ1) is 24.4. The maximum Gasteiger partial charge on any atom is 0.128 e.